The van der Waals surface area contributed by atoms with E-state index in [-0.39, 0.29) is 0 Å². The second kappa shape index (κ2) is 7.04. The third-order valence-electron chi connectivity index (χ3n) is 2.95. The van der Waals surface area contributed by atoms with Gasteiger partial charge in [0, 0.05) is 17.5 Å². The molecule has 0 bridgehead atoms. The van der Waals surface area contributed by atoms with Crippen molar-refractivity contribution < 1.29 is 4.52 Å². The Morgan fingerprint density at radius 1 is 1.00 bits per heavy atom. The van der Waals surface area contributed by atoms with E-state index in [1.54, 1.807) is 11.8 Å². The first-order chi connectivity index (χ1) is 10.4. The first-order valence-electron chi connectivity index (χ1n) is 6.77. The Labute approximate surface area is 127 Å². The number of hydrogen-bond donors (Lipinski definition) is 0. The van der Waals surface area contributed by atoms with E-state index in [0.29, 0.717) is 11.7 Å². The number of aromatic nitrogens is 3. The number of rotatable bonds is 6. The predicted octanol–water partition coefficient (Wildman–Crippen LogP) is 3.61. The Bertz CT molecular complexity index is 670. The molecular formula is C16H15N3OS. The summed E-state index contributed by atoms with van der Waals surface area (Å²) in [6.45, 7) is 0. The third kappa shape index (κ3) is 3.92. The minimum absolute atomic E-state index is 0.649. The smallest absolute Gasteiger partial charge is 0.236 e. The quantitative estimate of drug-likeness (QED) is 0.651. The molecule has 0 amide bonds. The van der Waals surface area contributed by atoms with E-state index in [9.17, 15) is 0 Å². The van der Waals surface area contributed by atoms with Crippen LogP contribution in [0.4, 0.5) is 0 Å². The highest BCUT2D eigenvalue weighted by Gasteiger charge is 2.07. The number of thioether (sulfide) groups is 1. The van der Waals surface area contributed by atoms with Crippen molar-refractivity contribution in [2.45, 2.75) is 12.2 Å². The average molecular weight is 297 g/mol. The van der Waals surface area contributed by atoms with Crippen molar-refractivity contribution in [3.8, 4) is 11.4 Å². The van der Waals surface area contributed by atoms with Crippen LogP contribution in [-0.2, 0) is 12.2 Å². The van der Waals surface area contributed by atoms with Gasteiger partial charge in [-0.3, -0.25) is 4.98 Å². The van der Waals surface area contributed by atoms with Gasteiger partial charge in [0.1, 0.15) is 0 Å². The fourth-order valence-electron chi connectivity index (χ4n) is 1.90. The van der Waals surface area contributed by atoms with Gasteiger partial charge in [-0.15, -0.1) is 0 Å². The van der Waals surface area contributed by atoms with Gasteiger partial charge < -0.3 is 4.52 Å². The molecule has 5 heteroatoms. The van der Waals surface area contributed by atoms with Gasteiger partial charge in [-0.1, -0.05) is 41.6 Å². The Morgan fingerprint density at radius 2 is 1.86 bits per heavy atom. The fraction of sp³-hybridized carbons (Fsp3) is 0.188. The Hall–Kier alpha value is -2.14. The van der Waals surface area contributed by atoms with Gasteiger partial charge in [0.05, 0.1) is 5.75 Å². The van der Waals surface area contributed by atoms with Crippen LogP contribution in [0.3, 0.4) is 0 Å². The summed E-state index contributed by atoms with van der Waals surface area (Å²) in [6, 6.07) is 15.8. The van der Waals surface area contributed by atoms with E-state index in [0.717, 1.165) is 29.2 Å². The summed E-state index contributed by atoms with van der Waals surface area (Å²) in [7, 11) is 0. The summed E-state index contributed by atoms with van der Waals surface area (Å²) < 4.78 is 5.27. The molecule has 0 saturated heterocycles. The maximum atomic E-state index is 5.27. The molecule has 0 saturated carbocycles. The normalized spacial score (nSPS) is 10.7. The summed E-state index contributed by atoms with van der Waals surface area (Å²) >= 11 is 1.77. The van der Waals surface area contributed by atoms with E-state index in [1.807, 2.05) is 54.7 Å². The van der Waals surface area contributed by atoms with Crippen molar-refractivity contribution >= 4 is 11.8 Å². The number of pyridine rings is 1. The van der Waals surface area contributed by atoms with Crippen LogP contribution in [0.2, 0.25) is 0 Å². The Kier molecular flexibility index (Phi) is 4.63. The van der Waals surface area contributed by atoms with Gasteiger partial charge in [0.25, 0.3) is 0 Å². The van der Waals surface area contributed by atoms with Crippen molar-refractivity contribution in [1.82, 2.24) is 15.1 Å². The van der Waals surface area contributed by atoms with Crippen molar-refractivity contribution in [2.24, 2.45) is 0 Å². The highest BCUT2D eigenvalue weighted by atomic mass is 32.2. The maximum Gasteiger partial charge on any atom is 0.236 e. The van der Waals surface area contributed by atoms with Gasteiger partial charge in [-0.25, -0.2) is 0 Å². The second-order valence-corrected chi connectivity index (χ2v) is 5.61. The first-order valence-corrected chi connectivity index (χ1v) is 7.93. The lowest BCUT2D eigenvalue weighted by Crippen LogP contribution is -1.92. The van der Waals surface area contributed by atoms with E-state index >= 15 is 0 Å². The lowest BCUT2D eigenvalue weighted by atomic mass is 10.2. The molecule has 1 aromatic carbocycles. The monoisotopic (exact) mass is 297 g/mol. The molecule has 0 spiro atoms. The lowest BCUT2D eigenvalue weighted by molar-refractivity contribution is 0.391. The zero-order chi connectivity index (χ0) is 14.3. The van der Waals surface area contributed by atoms with E-state index in [1.165, 1.54) is 0 Å². The molecule has 0 aliphatic carbocycles. The maximum absolute atomic E-state index is 5.27. The van der Waals surface area contributed by atoms with E-state index in [4.69, 9.17) is 4.52 Å². The van der Waals surface area contributed by atoms with Gasteiger partial charge in [-0.2, -0.15) is 16.7 Å². The van der Waals surface area contributed by atoms with Gasteiger partial charge in [-0.05, 0) is 24.3 Å². The zero-order valence-electron chi connectivity index (χ0n) is 11.5. The summed E-state index contributed by atoms with van der Waals surface area (Å²) in [6.07, 6.45) is 2.77. The fourth-order valence-corrected chi connectivity index (χ4v) is 2.69. The largest absolute Gasteiger partial charge is 0.338 e. The molecule has 3 aromatic rings. The summed E-state index contributed by atoms with van der Waals surface area (Å²) in [5, 5.41) is 4.01. The minimum Gasteiger partial charge on any atom is -0.338 e. The molecular weight excluding hydrogens is 282 g/mol. The Morgan fingerprint density at radius 3 is 2.67 bits per heavy atom. The van der Waals surface area contributed by atoms with Gasteiger partial charge >= 0.3 is 0 Å². The summed E-state index contributed by atoms with van der Waals surface area (Å²) in [5.74, 6) is 3.03. The van der Waals surface area contributed by atoms with E-state index in [2.05, 4.69) is 15.1 Å². The first kappa shape index (κ1) is 13.8. The molecule has 0 N–H and O–H groups in total. The molecule has 3 rings (SSSR count). The minimum atomic E-state index is 0.649. The van der Waals surface area contributed by atoms with Crippen LogP contribution in [0.15, 0.2) is 59.3 Å². The molecule has 0 radical (unpaired) electrons. The molecule has 0 atom stereocenters. The lowest BCUT2D eigenvalue weighted by Gasteiger charge is -1.98. The van der Waals surface area contributed by atoms with Crippen molar-refractivity contribution in [3.05, 3.63) is 66.3 Å². The highest BCUT2D eigenvalue weighted by molar-refractivity contribution is 7.98. The predicted molar refractivity (Wildman–Crippen MR) is 83.8 cm³/mol. The van der Waals surface area contributed by atoms with Crippen molar-refractivity contribution in [2.75, 3.05) is 5.75 Å². The van der Waals surface area contributed by atoms with Crippen LogP contribution in [0.25, 0.3) is 11.4 Å². The SMILES string of the molecule is c1ccc(-c2noc(CSCCc3ccccn3)n2)cc1. The van der Waals surface area contributed by atoms with Crippen molar-refractivity contribution in [1.29, 1.82) is 0 Å². The Balaban J connectivity index is 1.49. The number of aryl methyl sites for hydroxylation is 1. The van der Waals surface area contributed by atoms with Crippen molar-refractivity contribution in [3.63, 3.8) is 0 Å². The van der Waals surface area contributed by atoms with Crippen LogP contribution < -0.4 is 0 Å². The zero-order valence-corrected chi connectivity index (χ0v) is 12.3. The van der Waals surface area contributed by atoms with Crippen LogP contribution in [-0.4, -0.2) is 20.9 Å². The summed E-state index contributed by atoms with van der Waals surface area (Å²) in [5.41, 5.74) is 2.09. The molecule has 0 fully saturated rings. The third-order valence-corrected chi connectivity index (χ3v) is 3.90. The molecule has 21 heavy (non-hydrogen) atoms. The average Bonchev–Trinajstić information content (AvgIpc) is 3.02. The number of benzene rings is 1. The summed E-state index contributed by atoms with van der Waals surface area (Å²) in [4.78, 5) is 8.71. The second-order valence-electron chi connectivity index (χ2n) is 4.50. The van der Waals surface area contributed by atoms with Crippen LogP contribution >= 0.6 is 11.8 Å². The topological polar surface area (TPSA) is 51.8 Å². The van der Waals surface area contributed by atoms with Crippen LogP contribution in [0, 0.1) is 0 Å². The molecule has 0 aliphatic rings. The van der Waals surface area contributed by atoms with Crippen LogP contribution in [0.1, 0.15) is 11.6 Å². The molecule has 0 aliphatic heterocycles. The molecule has 4 nitrogen and oxygen atoms in total. The van der Waals surface area contributed by atoms with Gasteiger partial charge in [0.15, 0.2) is 0 Å². The number of hydrogen-bond acceptors (Lipinski definition) is 5. The molecule has 106 valence electrons. The standard InChI is InChI=1S/C16H15N3OS/c1-2-6-13(7-3-1)16-18-15(20-19-16)12-21-11-9-14-8-4-5-10-17-14/h1-8,10H,9,11-12H2. The number of nitrogens with zero attached hydrogens (tertiary/aromatic N) is 3. The van der Waals surface area contributed by atoms with Crippen LogP contribution in [0.5, 0.6) is 0 Å². The molecule has 2 heterocycles. The molecule has 2 aromatic heterocycles. The van der Waals surface area contributed by atoms with Gasteiger partial charge in [0.2, 0.25) is 11.7 Å². The highest BCUT2D eigenvalue weighted by Crippen LogP contribution is 2.18. The molecule has 0 unspecified atom stereocenters. The van der Waals surface area contributed by atoms with E-state index < -0.39 is 0 Å².